The van der Waals surface area contributed by atoms with Gasteiger partial charge in [0, 0.05) is 13.1 Å². The van der Waals surface area contributed by atoms with Gasteiger partial charge in [-0.2, -0.15) is 0 Å². The number of halogens is 1. The molecule has 112 valence electrons. The summed E-state index contributed by atoms with van der Waals surface area (Å²) < 4.78 is 3.01. The average molecular weight is 315 g/mol. The summed E-state index contributed by atoms with van der Waals surface area (Å²) in [6.07, 6.45) is 0. The van der Waals surface area contributed by atoms with E-state index in [-0.39, 0.29) is 18.0 Å². The van der Waals surface area contributed by atoms with Crippen molar-refractivity contribution in [1.82, 2.24) is 8.86 Å². The minimum Gasteiger partial charge on any atom is -0.302 e. The summed E-state index contributed by atoms with van der Waals surface area (Å²) in [6, 6.07) is 4.20. The third kappa shape index (κ3) is 3.43. The van der Waals surface area contributed by atoms with E-state index in [2.05, 4.69) is 37.8 Å². The molecule has 0 unspecified atom stereocenters. The molecule has 0 aliphatic heterocycles. The van der Waals surface area contributed by atoms with Gasteiger partial charge in [-0.1, -0.05) is 31.4 Å². The largest absolute Gasteiger partial charge is 0.302 e. The standard InChI is InChI=1S/C15H22N2OS.ClH/c1-5-16(6-2)7-8-17-15(18)14-12(4)9-11(3)10-13(14)19-17;/h9-10H,5-8H2,1-4H3;1H. The monoisotopic (exact) mass is 314 g/mol. The number of nitrogens with zero attached hydrogens (tertiary/aromatic N) is 2. The van der Waals surface area contributed by atoms with Crippen LogP contribution in [0.3, 0.4) is 0 Å². The minimum absolute atomic E-state index is 0. The van der Waals surface area contributed by atoms with Crippen molar-refractivity contribution < 1.29 is 0 Å². The zero-order chi connectivity index (χ0) is 14.0. The smallest absolute Gasteiger partial charge is 0.268 e. The number of aryl methyl sites for hydroxylation is 2. The molecular formula is C15H23ClN2OS. The third-order valence-electron chi connectivity index (χ3n) is 3.61. The fourth-order valence-corrected chi connectivity index (χ4v) is 3.64. The number of benzene rings is 1. The summed E-state index contributed by atoms with van der Waals surface area (Å²) in [5.41, 5.74) is 2.49. The number of hydrogen-bond donors (Lipinski definition) is 0. The van der Waals surface area contributed by atoms with Gasteiger partial charge in [-0.05, 0) is 44.1 Å². The van der Waals surface area contributed by atoms with E-state index in [1.165, 1.54) is 5.56 Å². The zero-order valence-electron chi connectivity index (χ0n) is 12.6. The van der Waals surface area contributed by atoms with Crippen molar-refractivity contribution in [2.24, 2.45) is 0 Å². The maximum absolute atomic E-state index is 12.4. The molecule has 2 aromatic rings. The lowest BCUT2D eigenvalue weighted by Crippen LogP contribution is -2.29. The van der Waals surface area contributed by atoms with Crippen LogP contribution in [-0.2, 0) is 6.54 Å². The van der Waals surface area contributed by atoms with Gasteiger partial charge in [0.15, 0.2) is 0 Å². The molecule has 3 nitrogen and oxygen atoms in total. The highest BCUT2D eigenvalue weighted by molar-refractivity contribution is 7.13. The van der Waals surface area contributed by atoms with E-state index in [9.17, 15) is 4.79 Å². The molecule has 1 aromatic heterocycles. The molecular weight excluding hydrogens is 292 g/mol. The Bertz CT molecular complexity index is 629. The first-order valence-electron chi connectivity index (χ1n) is 6.90. The lowest BCUT2D eigenvalue weighted by Gasteiger charge is -2.17. The fraction of sp³-hybridized carbons (Fsp3) is 0.533. The van der Waals surface area contributed by atoms with Gasteiger partial charge in [-0.3, -0.25) is 8.75 Å². The quantitative estimate of drug-likeness (QED) is 0.844. The highest BCUT2D eigenvalue weighted by Crippen LogP contribution is 2.22. The number of aromatic nitrogens is 1. The molecule has 0 fully saturated rings. The third-order valence-corrected chi connectivity index (χ3v) is 4.69. The number of hydrogen-bond acceptors (Lipinski definition) is 3. The van der Waals surface area contributed by atoms with Crippen molar-refractivity contribution in [1.29, 1.82) is 0 Å². The van der Waals surface area contributed by atoms with Gasteiger partial charge in [-0.15, -0.1) is 12.4 Å². The first-order valence-corrected chi connectivity index (χ1v) is 7.67. The SMILES string of the molecule is CCN(CC)CCn1sc2cc(C)cc(C)c2c1=O.Cl. The van der Waals surface area contributed by atoms with Crippen LogP contribution >= 0.6 is 23.9 Å². The van der Waals surface area contributed by atoms with Crippen molar-refractivity contribution >= 4 is 34.0 Å². The molecule has 0 aliphatic rings. The molecule has 2 rings (SSSR count). The summed E-state index contributed by atoms with van der Waals surface area (Å²) in [7, 11) is 0. The molecule has 0 N–H and O–H groups in total. The Hall–Kier alpha value is -0.840. The molecule has 20 heavy (non-hydrogen) atoms. The maximum Gasteiger partial charge on any atom is 0.268 e. The summed E-state index contributed by atoms with van der Waals surface area (Å²) >= 11 is 1.59. The topological polar surface area (TPSA) is 25.2 Å². The lowest BCUT2D eigenvalue weighted by atomic mass is 10.1. The normalized spacial score (nSPS) is 11.1. The van der Waals surface area contributed by atoms with Crippen molar-refractivity contribution in [3.05, 3.63) is 33.6 Å². The lowest BCUT2D eigenvalue weighted by molar-refractivity contribution is 0.293. The molecule has 5 heteroatoms. The number of rotatable bonds is 5. The summed E-state index contributed by atoms with van der Waals surface area (Å²) in [4.78, 5) is 14.7. The second-order valence-corrected chi connectivity index (χ2v) is 6.04. The van der Waals surface area contributed by atoms with Gasteiger partial charge in [0.2, 0.25) is 0 Å². The molecule has 0 aliphatic carbocycles. The fourth-order valence-electron chi connectivity index (χ4n) is 2.48. The zero-order valence-corrected chi connectivity index (χ0v) is 14.2. The Kier molecular flexibility index (Phi) is 6.24. The van der Waals surface area contributed by atoms with Crippen molar-refractivity contribution in [3.8, 4) is 0 Å². The van der Waals surface area contributed by atoms with Gasteiger partial charge in [0.25, 0.3) is 5.56 Å². The second-order valence-electron chi connectivity index (χ2n) is 4.98. The van der Waals surface area contributed by atoms with Gasteiger partial charge in [0.05, 0.1) is 10.1 Å². The van der Waals surface area contributed by atoms with E-state index in [4.69, 9.17) is 0 Å². The van der Waals surface area contributed by atoms with Gasteiger partial charge in [-0.25, -0.2) is 0 Å². The molecule has 0 bridgehead atoms. The number of fused-ring (bicyclic) bond motifs is 1. The molecule has 0 saturated heterocycles. The van der Waals surface area contributed by atoms with Crippen LogP contribution < -0.4 is 5.56 Å². The van der Waals surface area contributed by atoms with Crippen LogP contribution in [0.5, 0.6) is 0 Å². The molecule has 1 heterocycles. The first kappa shape index (κ1) is 17.2. The Morgan fingerprint density at radius 3 is 2.45 bits per heavy atom. The van der Waals surface area contributed by atoms with Crippen LogP contribution in [0.1, 0.15) is 25.0 Å². The molecule has 1 aromatic carbocycles. The predicted octanol–water partition coefficient (Wildman–Crippen LogP) is 3.44. The second kappa shape index (κ2) is 7.25. The van der Waals surface area contributed by atoms with Crippen LogP contribution in [0.15, 0.2) is 16.9 Å². The molecule has 0 saturated carbocycles. The summed E-state index contributed by atoms with van der Waals surface area (Å²) in [5.74, 6) is 0. The minimum atomic E-state index is 0. The van der Waals surface area contributed by atoms with Gasteiger partial charge in [0.1, 0.15) is 0 Å². The van der Waals surface area contributed by atoms with Crippen LogP contribution in [0.25, 0.3) is 10.1 Å². The maximum atomic E-state index is 12.4. The molecule has 0 amide bonds. The van der Waals surface area contributed by atoms with Crippen LogP contribution in [0.4, 0.5) is 0 Å². The molecule has 0 spiro atoms. The summed E-state index contributed by atoms with van der Waals surface area (Å²) in [5, 5.41) is 0.898. The van der Waals surface area contributed by atoms with E-state index >= 15 is 0 Å². The average Bonchev–Trinajstić information content (AvgIpc) is 2.67. The Morgan fingerprint density at radius 1 is 1.20 bits per heavy atom. The summed E-state index contributed by atoms with van der Waals surface area (Å²) in [6.45, 7) is 12.2. The van der Waals surface area contributed by atoms with E-state index in [0.717, 1.165) is 41.8 Å². The van der Waals surface area contributed by atoms with Gasteiger partial charge >= 0.3 is 0 Å². The van der Waals surface area contributed by atoms with E-state index in [1.807, 2.05) is 10.9 Å². The Balaban J connectivity index is 0.00000200. The van der Waals surface area contributed by atoms with E-state index < -0.39 is 0 Å². The van der Waals surface area contributed by atoms with Crippen molar-refractivity contribution in [2.45, 2.75) is 34.2 Å². The number of likely N-dealkylation sites (N-methyl/N-ethyl adjacent to an activating group) is 1. The van der Waals surface area contributed by atoms with Crippen LogP contribution in [0, 0.1) is 13.8 Å². The highest BCUT2D eigenvalue weighted by atomic mass is 35.5. The van der Waals surface area contributed by atoms with E-state index in [0.29, 0.717) is 0 Å². The molecule has 0 atom stereocenters. The van der Waals surface area contributed by atoms with Crippen molar-refractivity contribution in [2.75, 3.05) is 19.6 Å². The Labute approximate surface area is 130 Å². The van der Waals surface area contributed by atoms with E-state index in [1.54, 1.807) is 11.5 Å². The van der Waals surface area contributed by atoms with Crippen molar-refractivity contribution in [3.63, 3.8) is 0 Å². The molecule has 0 radical (unpaired) electrons. The first-order chi connectivity index (χ1) is 9.06. The van der Waals surface area contributed by atoms with Crippen LogP contribution in [-0.4, -0.2) is 28.5 Å². The Morgan fingerprint density at radius 2 is 1.85 bits per heavy atom. The van der Waals surface area contributed by atoms with Crippen LogP contribution in [0.2, 0.25) is 0 Å². The highest BCUT2D eigenvalue weighted by Gasteiger charge is 2.11. The predicted molar refractivity (Wildman–Crippen MR) is 90.6 cm³/mol. The van der Waals surface area contributed by atoms with Gasteiger partial charge < -0.3 is 4.90 Å².